The lowest BCUT2D eigenvalue weighted by Gasteiger charge is -2.40. The number of phenolic OH excluding ortho intramolecular Hbond substituents is 2. The molecule has 0 bridgehead atoms. The number of amides is 2. The molecule has 0 aromatic heterocycles. The molecule has 0 saturated carbocycles. The number of nitrogens with two attached hydrogens (primary N) is 1. The Hall–Kier alpha value is -5.58. The molecule has 4 aliphatic heterocycles. The van der Waals surface area contributed by atoms with Crippen molar-refractivity contribution in [2.75, 3.05) is 32.7 Å². The molecule has 2 amide bonds. The molecule has 8 rings (SSSR count). The van der Waals surface area contributed by atoms with Crippen LogP contribution in [0.1, 0.15) is 97.9 Å². The molecule has 10 heteroatoms. The van der Waals surface area contributed by atoms with Crippen LogP contribution in [0.15, 0.2) is 97.1 Å². The second kappa shape index (κ2) is 17.7. The number of nitrogens with one attached hydrogen (secondary N) is 3. The Morgan fingerprint density at radius 3 is 1.44 bits per heavy atom. The van der Waals surface area contributed by atoms with Crippen LogP contribution in [0.5, 0.6) is 23.0 Å². The van der Waals surface area contributed by atoms with E-state index in [4.69, 9.17) is 15.2 Å². The summed E-state index contributed by atoms with van der Waals surface area (Å²) < 4.78 is 12.7. The highest BCUT2D eigenvalue weighted by atomic mass is 16.5. The van der Waals surface area contributed by atoms with E-state index < -0.39 is 5.91 Å². The van der Waals surface area contributed by atoms with Crippen LogP contribution in [0.3, 0.4) is 0 Å². The van der Waals surface area contributed by atoms with Gasteiger partial charge in [-0.1, -0.05) is 58.7 Å². The number of hydrogen-bond donors (Lipinski definition) is 6. The van der Waals surface area contributed by atoms with Crippen LogP contribution in [0.2, 0.25) is 0 Å². The van der Waals surface area contributed by atoms with Gasteiger partial charge in [-0.05, 0) is 116 Å². The number of phenols is 2. The number of aromatic hydroxyl groups is 2. The number of primary amides is 1. The molecule has 0 unspecified atom stereocenters. The van der Waals surface area contributed by atoms with Gasteiger partial charge in [0.05, 0.1) is 11.1 Å². The first kappa shape index (κ1) is 42.2. The third kappa shape index (κ3) is 8.71. The maximum atomic E-state index is 12.0. The summed E-state index contributed by atoms with van der Waals surface area (Å²) in [7, 11) is 0. The van der Waals surface area contributed by atoms with Gasteiger partial charge < -0.3 is 41.4 Å². The fourth-order valence-corrected chi connectivity index (χ4v) is 7.44. The van der Waals surface area contributed by atoms with Gasteiger partial charge in [-0.15, -0.1) is 0 Å². The number of piperidine rings is 2. The highest BCUT2D eigenvalue weighted by Gasteiger charge is 2.39. The molecule has 4 aromatic rings. The quantitative estimate of drug-likeness (QED) is 0.123. The predicted octanol–water partition coefficient (Wildman–Crippen LogP) is 7.43. The van der Waals surface area contributed by atoms with E-state index in [1.807, 2.05) is 61.5 Å². The van der Waals surface area contributed by atoms with Crippen LogP contribution in [0, 0.1) is 0 Å². The Labute approximate surface area is 325 Å². The van der Waals surface area contributed by atoms with E-state index in [9.17, 15) is 19.8 Å². The van der Waals surface area contributed by atoms with E-state index >= 15 is 0 Å². The van der Waals surface area contributed by atoms with Crippen molar-refractivity contribution in [3.05, 3.63) is 130 Å². The Kier molecular flexibility index (Phi) is 13.6. The average molecular weight is 749 g/mol. The molecule has 4 aliphatic rings. The van der Waals surface area contributed by atoms with Crippen LogP contribution in [0.25, 0.3) is 11.1 Å². The summed E-state index contributed by atoms with van der Waals surface area (Å²) >= 11 is 0. The Balaban J connectivity index is 0.000000233. The minimum atomic E-state index is -0.453. The standard InChI is InChI=1S/C22H24N2O3.C20H20N2O3.3CH4/c1-2-24-21(26)16-8-6-15(7-9-16)17-14-22(10-12-23-13-11-22)27-19-5-3-4-18(25)20(17)19;21-19(24)14-6-4-13(5-7-14)15-12-20(8-10-22-11-9-20)25-17-3-1-2-16(23)18(15)17;;;/h3-9,14,23,25H,2,10-13H2,1H3,(H,24,26);1-7,12,22-23H,8-11H2,(H2,21,24);3*1H4. The summed E-state index contributed by atoms with van der Waals surface area (Å²) in [4.78, 5) is 23.4. The molecule has 292 valence electrons. The first-order valence-electron chi connectivity index (χ1n) is 17.9. The van der Waals surface area contributed by atoms with Crippen LogP contribution in [-0.2, 0) is 0 Å². The van der Waals surface area contributed by atoms with Crippen molar-refractivity contribution >= 4 is 23.0 Å². The molecular weight excluding hydrogens is 693 g/mol. The molecule has 0 aliphatic carbocycles. The number of ether oxygens (including phenoxy) is 2. The summed E-state index contributed by atoms with van der Waals surface area (Å²) in [5.41, 5.74) is 10.9. The fraction of sp³-hybridized carbons (Fsp3) is 0.333. The number of benzene rings is 4. The first-order valence-corrected chi connectivity index (χ1v) is 17.9. The van der Waals surface area contributed by atoms with Gasteiger partial charge in [0.2, 0.25) is 5.91 Å². The van der Waals surface area contributed by atoms with E-state index in [2.05, 4.69) is 28.1 Å². The number of hydrogen-bond acceptors (Lipinski definition) is 8. The summed E-state index contributed by atoms with van der Waals surface area (Å²) in [6.45, 7) is 6.07. The molecule has 2 saturated heterocycles. The van der Waals surface area contributed by atoms with Crippen LogP contribution in [0.4, 0.5) is 0 Å². The van der Waals surface area contributed by atoms with Gasteiger partial charge in [-0.2, -0.15) is 0 Å². The molecule has 7 N–H and O–H groups in total. The largest absolute Gasteiger partial charge is 0.507 e. The summed E-state index contributed by atoms with van der Waals surface area (Å²) in [5.74, 6) is 1.26. The Morgan fingerprint density at radius 2 is 1.05 bits per heavy atom. The highest BCUT2D eigenvalue weighted by Crippen LogP contribution is 2.47. The van der Waals surface area contributed by atoms with E-state index in [-0.39, 0.29) is 50.9 Å². The van der Waals surface area contributed by atoms with Crippen molar-refractivity contribution in [1.29, 1.82) is 0 Å². The SMILES string of the molecule is C.C.C.CCNC(=O)c1ccc(C2=CC3(CCNCC3)Oc3cccc(O)c32)cc1.NC(=O)c1ccc(C2=CC3(CCNCC3)Oc3cccc(O)c32)cc1. The van der Waals surface area contributed by atoms with Gasteiger partial charge in [-0.25, -0.2) is 0 Å². The van der Waals surface area contributed by atoms with E-state index in [0.29, 0.717) is 40.3 Å². The summed E-state index contributed by atoms with van der Waals surface area (Å²) in [6, 6.07) is 25.4. The van der Waals surface area contributed by atoms with Gasteiger partial charge in [0, 0.05) is 43.4 Å². The molecule has 2 spiro atoms. The molecule has 55 heavy (non-hydrogen) atoms. The second-order valence-electron chi connectivity index (χ2n) is 13.6. The van der Waals surface area contributed by atoms with Crippen LogP contribution in [-0.4, -0.2) is 66.0 Å². The molecule has 4 aromatic carbocycles. The van der Waals surface area contributed by atoms with Gasteiger partial charge in [-0.3, -0.25) is 9.59 Å². The van der Waals surface area contributed by atoms with E-state index in [0.717, 1.165) is 74.1 Å². The minimum absolute atomic E-state index is 0. The predicted molar refractivity (Wildman–Crippen MR) is 221 cm³/mol. The van der Waals surface area contributed by atoms with Crippen molar-refractivity contribution in [3.8, 4) is 23.0 Å². The lowest BCUT2D eigenvalue weighted by Crippen LogP contribution is -2.46. The second-order valence-corrected chi connectivity index (χ2v) is 13.6. The van der Waals surface area contributed by atoms with Crippen molar-refractivity contribution in [2.24, 2.45) is 5.73 Å². The number of carbonyl (C=O) groups is 2. The van der Waals surface area contributed by atoms with E-state index in [1.54, 1.807) is 30.3 Å². The summed E-state index contributed by atoms with van der Waals surface area (Å²) in [6.07, 6.45) is 7.76. The third-order valence-corrected chi connectivity index (χ3v) is 10.2. The Bertz CT molecular complexity index is 2030. The first-order chi connectivity index (χ1) is 25.2. The normalized spacial score (nSPS) is 16.9. The third-order valence-electron chi connectivity index (χ3n) is 10.2. The topological polar surface area (TPSA) is 155 Å². The van der Waals surface area contributed by atoms with E-state index in [1.165, 1.54) is 0 Å². The zero-order valence-corrected chi connectivity index (χ0v) is 29.2. The van der Waals surface area contributed by atoms with Gasteiger partial charge in [0.15, 0.2) is 0 Å². The molecule has 2 fully saturated rings. The maximum absolute atomic E-state index is 12.0. The molecular formula is C45H56N4O6. The van der Waals surface area contributed by atoms with Gasteiger partial charge >= 0.3 is 0 Å². The fourth-order valence-electron chi connectivity index (χ4n) is 7.44. The van der Waals surface area contributed by atoms with Crippen molar-refractivity contribution in [2.45, 2.75) is 66.1 Å². The smallest absolute Gasteiger partial charge is 0.251 e. The minimum Gasteiger partial charge on any atom is -0.507 e. The average Bonchev–Trinajstić information content (AvgIpc) is 3.15. The maximum Gasteiger partial charge on any atom is 0.251 e. The van der Waals surface area contributed by atoms with Crippen LogP contribution < -0.4 is 31.2 Å². The number of carbonyl (C=O) groups excluding carboxylic acids is 2. The molecule has 0 atom stereocenters. The highest BCUT2D eigenvalue weighted by molar-refractivity contribution is 5.96. The van der Waals surface area contributed by atoms with Gasteiger partial charge in [0.25, 0.3) is 5.91 Å². The van der Waals surface area contributed by atoms with Crippen molar-refractivity contribution in [1.82, 2.24) is 16.0 Å². The van der Waals surface area contributed by atoms with Crippen LogP contribution >= 0.6 is 0 Å². The number of rotatable bonds is 5. The van der Waals surface area contributed by atoms with Crippen molar-refractivity contribution < 1.29 is 29.3 Å². The Morgan fingerprint density at radius 1 is 0.655 bits per heavy atom. The van der Waals surface area contributed by atoms with Gasteiger partial charge in [0.1, 0.15) is 34.2 Å². The number of fused-ring (bicyclic) bond motifs is 2. The molecule has 0 radical (unpaired) electrons. The molecule has 10 nitrogen and oxygen atoms in total. The monoisotopic (exact) mass is 748 g/mol. The zero-order chi connectivity index (χ0) is 36.3. The lowest BCUT2D eigenvalue weighted by molar-refractivity contribution is 0.0810. The molecule has 4 heterocycles. The van der Waals surface area contributed by atoms with Crippen molar-refractivity contribution in [3.63, 3.8) is 0 Å². The zero-order valence-electron chi connectivity index (χ0n) is 29.2. The summed E-state index contributed by atoms with van der Waals surface area (Å²) in [5, 5.41) is 30.4. The lowest BCUT2D eigenvalue weighted by atomic mass is 9.83.